The minimum atomic E-state index is -0.746. The van der Waals surface area contributed by atoms with Crippen LogP contribution in [0.1, 0.15) is 51.3 Å². The number of urea groups is 1. The largest absolute Gasteiger partial charge is 0.360 e. The molecule has 0 atom stereocenters. The fourth-order valence-electron chi connectivity index (χ4n) is 4.94. The molecular weight excluding hydrogens is 414 g/mol. The number of carbonyl (C=O) groups is 3. The van der Waals surface area contributed by atoms with Crippen molar-refractivity contribution in [3.05, 3.63) is 70.8 Å². The number of hydrogen-bond donors (Lipinski definition) is 1. The van der Waals surface area contributed by atoms with Crippen molar-refractivity contribution in [2.45, 2.75) is 53.1 Å². The lowest BCUT2D eigenvalue weighted by molar-refractivity contribution is -0.122. The summed E-state index contributed by atoms with van der Waals surface area (Å²) < 4.78 is 0. The lowest BCUT2D eigenvalue weighted by Crippen LogP contribution is -2.54. The van der Waals surface area contributed by atoms with E-state index in [1.807, 2.05) is 13.0 Å². The third kappa shape index (κ3) is 3.86. The van der Waals surface area contributed by atoms with Crippen molar-refractivity contribution in [2.75, 3.05) is 9.80 Å². The van der Waals surface area contributed by atoms with E-state index in [1.54, 1.807) is 36.4 Å². The molecule has 33 heavy (non-hydrogen) atoms. The number of benzene rings is 2. The SMILES string of the molecule is CC1=CC(C)(C)N(C(C)C)c2cc(C)c(/C=C3\C(=O)NC(=O)N(c4ccccc4)C3=O)cc21. The average molecular weight is 444 g/mol. The van der Waals surface area contributed by atoms with Crippen molar-refractivity contribution in [2.24, 2.45) is 0 Å². The van der Waals surface area contributed by atoms with Gasteiger partial charge in [0.05, 0.1) is 11.2 Å². The third-order valence-corrected chi connectivity index (χ3v) is 6.19. The lowest BCUT2D eigenvalue weighted by atomic mass is 9.85. The highest BCUT2D eigenvalue weighted by molar-refractivity contribution is 6.39. The summed E-state index contributed by atoms with van der Waals surface area (Å²) in [6, 6.07) is 12.3. The summed E-state index contributed by atoms with van der Waals surface area (Å²) in [5, 5.41) is 2.29. The number of nitrogens with zero attached hydrogens (tertiary/aromatic N) is 2. The van der Waals surface area contributed by atoms with Crippen molar-refractivity contribution in [3.8, 4) is 0 Å². The minimum Gasteiger partial charge on any atom is -0.360 e. The van der Waals surface area contributed by atoms with Gasteiger partial charge in [-0.15, -0.1) is 0 Å². The zero-order valence-electron chi connectivity index (χ0n) is 19.9. The molecule has 0 radical (unpaired) electrons. The van der Waals surface area contributed by atoms with Crippen molar-refractivity contribution in [1.82, 2.24) is 5.32 Å². The van der Waals surface area contributed by atoms with Crippen LogP contribution in [-0.4, -0.2) is 29.4 Å². The Morgan fingerprint density at radius 1 is 1.00 bits per heavy atom. The third-order valence-electron chi connectivity index (χ3n) is 6.19. The Labute approximate surface area is 194 Å². The van der Waals surface area contributed by atoms with E-state index < -0.39 is 17.8 Å². The second-order valence-corrected chi connectivity index (χ2v) is 9.46. The number of aryl methyl sites for hydroxylation is 1. The molecule has 1 fully saturated rings. The normalized spacial score (nSPS) is 19.1. The summed E-state index contributed by atoms with van der Waals surface area (Å²) in [7, 11) is 0. The molecule has 6 nitrogen and oxygen atoms in total. The number of amides is 4. The average Bonchev–Trinajstić information content (AvgIpc) is 2.71. The predicted molar refractivity (Wildman–Crippen MR) is 132 cm³/mol. The molecule has 0 spiro atoms. The van der Waals surface area contributed by atoms with E-state index in [0.29, 0.717) is 11.7 Å². The molecule has 2 heterocycles. The van der Waals surface area contributed by atoms with Crippen LogP contribution in [0.3, 0.4) is 0 Å². The summed E-state index contributed by atoms with van der Waals surface area (Å²) in [5.41, 5.74) is 5.27. The minimum absolute atomic E-state index is 0.0695. The molecule has 170 valence electrons. The molecule has 2 aliphatic heterocycles. The summed E-state index contributed by atoms with van der Waals surface area (Å²) in [5.74, 6) is -1.32. The van der Waals surface area contributed by atoms with Gasteiger partial charge in [0.25, 0.3) is 11.8 Å². The Kier molecular flexibility index (Phi) is 5.48. The molecule has 0 bridgehead atoms. The number of nitrogens with one attached hydrogen (secondary N) is 1. The van der Waals surface area contributed by atoms with Gasteiger partial charge in [-0.3, -0.25) is 14.9 Å². The van der Waals surface area contributed by atoms with Crippen LogP contribution in [-0.2, 0) is 9.59 Å². The van der Waals surface area contributed by atoms with Gasteiger partial charge < -0.3 is 4.90 Å². The van der Waals surface area contributed by atoms with Gasteiger partial charge in [0, 0.05) is 17.3 Å². The summed E-state index contributed by atoms with van der Waals surface area (Å²) in [4.78, 5) is 41.6. The molecule has 2 aromatic rings. The number of allylic oxidation sites excluding steroid dienone is 1. The number of hydrogen-bond acceptors (Lipinski definition) is 4. The molecule has 0 aliphatic carbocycles. The quantitative estimate of drug-likeness (QED) is 0.531. The summed E-state index contributed by atoms with van der Waals surface area (Å²) in [6.07, 6.45) is 3.83. The lowest BCUT2D eigenvalue weighted by Gasteiger charge is -2.46. The fraction of sp³-hybridized carbons (Fsp3) is 0.296. The van der Waals surface area contributed by atoms with Crippen LogP contribution in [0.4, 0.5) is 16.2 Å². The first kappa shape index (κ1) is 22.5. The van der Waals surface area contributed by atoms with Gasteiger partial charge in [-0.2, -0.15) is 0 Å². The number of imide groups is 2. The van der Waals surface area contributed by atoms with Crippen LogP contribution in [0.15, 0.2) is 54.1 Å². The van der Waals surface area contributed by atoms with Gasteiger partial charge in [0.1, 0.15) is 5.57 Å². The van der Waals surface area contributed by atoms with E-state index >= 15 is 0 Å². The maximum atomic E-state index is 13.2. The van der Waals surface area contributed by atoms with Gasteiger partial charge in [-0.25, -0.2) is 9.69 Å². The Bertz CT molecular complexity index is 1220. The van der Waals surface area contributed by atoms with Gasteiger partial charge in [0.15, 0.2) is 0 Å². The standard InChI is InChI=1S/C27H29N3O3/c1-16(2)30-23-12-17(3)19(13-21(23)18(4)15-27(30,5)6)14-22-24(31)28-26(33)29(25(22)32)20-10-8-7-9-11-20/h7-16H,1-6H3,(H,28,31,33)/b22-14+. The second-order valence-electron chi connectivity index (χ2n) is 9.46. The molecule has 6 heteroatoms. The van der Waals surface area contributed by atoms with Crippen LogP contribution in [0, 0.1) is 6.92 Å². The first-order valence-corrected chi connectivity index (χ1v) is 11.1. The van der Waals surface area contributed by atoms with Gasteiger partial charge in [-0.1, -0.05) is 24.3 Å². The molecule has 1 saturated heterocycles. The van der Waals surface area contributed by atoms with Crippen LogP contribution in [0.2, 0.25) is 0 Å². The van der Waals surface area contributed by atoms with E-state index in [1.165, 1.54) is 0 Å². The van der Waals surface area contributed by atoms with E-state index in [2.05, 4.69) is 57.0 Å². The number of rotatable bonds is 3. The molecule has 0 saturated carbocycles. The molecule has 2 aromatic carbocycles. The predicted octanol–water partition coefficient (Wildman–Crippen LogP) is 5.07. The monoisotopic (exact) mass is 443 g/mol. The maximum absolute atomic E-state index is 13.2. The molecule has 2 aliphatic rings. The van der Waals surface area contributed by atoms with E-state index in [0.717, 1.165) is 32.9 Å². The van der Waals surface area contributed by atoms with Crippen molar-refractivity contribution in [1.29, 1.82) is 0 Å². The zero-order valence-corrected chi connectivity index (χ0v) is 19.9. The number of carbonyl (C=O) groups excluding carboxylic acids is 3. The molecule has 1 N–H and O–H groups in total. The molecule has 4 amide bonds. The second kappa shape index (κ2) is 8.03. The van der Waals surface area contributed by atoms with E-state index in [4.69, 9.17) is 0 Å². The van der Waals surface area contributed by atoms with Crippen LogP contribution in [0.25, 0.3) is 11.6 Å². The molecule has 4 rings (SSSR count). The van der Waals surface area contributed by atoms with Crippen molar-refractivity contribution < 1.29 is 14.4 Å². The highest BCUT2D eigenvalue weighted by atomic mass is 16.2. The summed E-state index contributed by atoms with van der Waals surface area (Å²) in [6.45, 7) is 12.8. The first-order valence-electron chi connectivity index (χ1n) is 11.1. The van der Waals surface area contributed by atoms with Crippen LogP contribution < -0.4 is 15.1 Å². The van der Waals surface area contributed by atoms with Gasteiger partial charge in [0.2, 0.25) is 0 Å². The molecular formula is C27H29N3O3. The fourth-order valence-corrected chi connectivity index (χ4v) is 4.94. The zero-order chi connectivity index (χ0) is 24.1. The number of anilines is 2. The molecule has 0 unspecified atom stereocenters. The van der Waals surface area contributed by atoms with Crippen molar-refractivity contribution >= 4 is 40.9 Å². The summed E-state index contributed by atoms with van der Waals surface area (Å²) >= 11 is 0. The van der Waals surface area contributed by atoms with E-state index in [-0.39, 0.29) is 11.1 Å². The highest BCUT2D eigenvalue weighted by Gasteiger charge is 2.37. The van der Waals surface area contributed by atoms with Gasteiger partial charge >= 0.3 is 6.03 Å². The molecule has 0 aromatic heterocycles. The van der Waals surface area contributed by atoms with Crippen LogP contribution in [0.5, 0.6) is 0 Å². The maximum Gasteiger partial charge on any atom is 0.335 e. The Morgan fingerprint density at radius 2 is 1.67 bits per heavy atom. The number of para-hydroxylation sites is 1. The van der Waals surface area contributed by atoms with Crippen molar-refractivity contribution in [3.63, 3.8) is 0 Å². The highest BCUT2D eigenvalue weighted by Crippen LogP contribution is 2.42. The Hall–Kier alpha value is -3.67. The van der Waals surface area contributed by atoms with Crippen LogP contribution >= 0.6 is 0 Å². The number of barbiturate groups is 1. The topological polar surface area (TPSA) is 69.7 Å². The van der Waals surface area contributed by atoms with E-state index in [9.17, 15) is 14.4 Å². The van der Waals surface area contributed by atoms with Gasteiger partial charge in [-0.05, 0) is 88.6 Å². The number of fused-ring (bicyclic) bond motifs is 1. The smallest absolute Gasteiger partial charge is 0.335 e. The Balaban J connectivity index is 1.81. The Morgan fingerprint density at radius 3 is 2.30 bits per heavy atom. The first-order chi connectivity index (χ1) is 15.5.